The Morgan fingerprint density at radius 3 is 2.77 bits per heavy atom. The first-order valence-electron chi connectivity index (χ1n) is 6.59. The van der Waals surface area contributed by atoms with Crippen LogP contribution < -0.4 is 9.47 Å². The molecule has 3 aromatic rings. The van der Waals surface area contributed by atoms with Gasteiger partial charge in [0, 0.05) is 11.6 Å². The zero-order valence-electron chi connectivity index (χ0n) is 11.9. The number of hydrogen-bond acceptors (Lipinski definition) is 5. The van der Waals surface area contributed by atoms with Crippen molar-refractivity contribution in [1.82, 2.24) is 4.98 Å². The van der Waals surface area contributed by atoms with Crippen LogP contribution in [-0.4, -0.2) is 18.1 Å². The largest absolute Gasteiger partial charge is 0.493 e. The van der Waals surface area contributed by atoms with Gasteiger partial charge in [-0.15, -0.1) is 11.3 Å². The van der Waals surface area contributed by atoms with Crippen molar-refractivity contribution >= 4 is 27.5 Å². The van der Waals surface area contributed by atoms with Crippen LogP contribution in [0.25, 0.3) is 20.8 Å². The number of ether oxygens (including phenoxy) is 2. The molecule has 4 nitrogen and oxygen atoms in total. The lowest BCUT2D eigenvalue weighted by Gasteiger charge is -2.09. The Bertz CT molecular complexity index is 821. The van der Waals surface area contributed by atoms with E-state index in [9.17, 15) is 4.79 Å². The van der Waals surface area contributed by atoms with E-state index in [4.69, 9.17) is 9.47 Å². The van der Waals surface area contributed by atoms with Gasteiger partial charge in [0.2, 0.25) is 0 Å². The number of methoxy groups -OCH3 is 1. The predicted octanol–water partition coefficient (Wildman–Crippen LogP) is 4.06. The molecular weight excluding hydrogens is 298 g/mol. The second kappa shape index (κ2) is 5.99. The smallest absolute Gasteiger partial charge is 0.335 e. The van der Waals surface area contributed by atoms with E-state index in [1.54, 1.807) is 23.5 Å². The first-order chi connectivity index (χ1) is 10.7. The molecule has 0 aliphatic heterocycles. The lowest BCUT2D eigenvalue weighted by atomic mass is 10.2. The molecule has 0 radical (unpaired) electrons. The van der Waals surface area contributed by atoms with E-state index in [2.05, 4.69) is 11.6 Å². The van der Waals surface area contributed by atoms with Gasteiger partial charge in [-0.3, -0.25) is 0 Å². The fourth-order valence-electron chi connectivity index (χ4n) is 2.04. The Balaban J connectivity index is 2.04. The molecule has 1 heterocycles. The highest BCUT2D eigenvalue weighted by Crippen LogP contribution is 2.36. The second-order valence-electron chi connectivity index (χ2n) is 4.48. The van der Waals surface area contributed by atoms with Gasteiger partial charge in [0.15, 0.2) is 11.5 Å². The minimum Gasteiger partial charge on any atom is -0.493 e. The van der Waals surface area contributed by atoms with Crippen molar-refractivity contribution in [2.24, 2.45) is 0 Å². The van der Waals surface area contributed by atoms with Crippen molar-refractivity contribution in [2.45, 2.75) is 0 Å². The van der Waals surface area contributed by atoms with Gasteiger partial charge in [-0.25, -0.2) is 9.78 Å². The summed E-state index contributed by atoms with van der Waals surface area (Å²) in [5.74, 6) is 0.309. The van der Waals surface area contributed by atoms with Gasteiger partial charge >= 0.3 is 5.97 Å². The van der Waals surface area contributed by atoms with Crippen LogP contribution >= 0.6 is 11.3 Å². The van der Waals surface area contributed by atoms with Crippen LogP contribution in [0, 0.1) is 0 Å². The second-order valence-corrected chi connectivity index (χ2v) is 5.51. The summed E-state index contributed by atoms with van der Waals surface area (Å²) in [6.07, 6.45) is 1.11. The number of carbonyl (C=O) groups excluding carboxylic acids is 1. The van der Waals surface area contributed by atoms with Crippen molar-refractivity contribution in [3.05, 3.63) is 55.1 Å². The number of benzene rings is 2. The monoisotopic (exact) mass is 311 g/mol. The summed E-state index contributed by atoms with van der Waals surface area (Å²) >= 11 is 1.58. The molecule has 3 rings (SSSR count). The molecular formula is C17H13NO3S. The highest BCUT2D eigenvalue weighted by Gasteiger charge is 2.12. The molecule has 0 saturated carbocycles. The van der Waals surface area contributed by atoms with Gasteiger partial charge in [-0.05, 0) is 30.3 Å². The van der Waals surface area contributed by atoms with Crippen LogP contribution in [0.1, 0.15) is 0 Å². The number of hydrogen-bond donors (Lipinski definition) is 0. The Kier molecular flexibility index (Phi) is 3.89. The fourth-order valence-corrected chi connectivity index (χ4v) is 3.00. The van der Waals surface area contributed by atoms with Gasteiger partial charge in [-0.2, -0.15) is 0 Å². The standard InChI is InChI=1S/C17H13NO3S/c1-3-16(19)21-14-10-11(8-9-13(14)20-2)17-18-12-6-4-5-7-15(12)22-17/h3-10H,1H2,2H3. The molecule has 0 atom stereocenters. The Morgan fingerprint density at radius 1 is 1.23 bits per heavy atom. The van der Waals surface area contributed by atoms with Crippen LogP contribution in [0.15, 0.2) is 55.1 Å². The van der Waals surface area contributed by atoms with E-state index < -0.39 is 5.97 Å². The summed E-state index contributed by atoms with van der Waals surface area (Å²) < 4.78 is 11.5. The first-order valence-corrected chi connectivity index (χ1v) is 7.41. The number of aromatic nitrogens is 1. The zero-order chi connectivity index (χ0) is 15.5. The molecule has 0 unspecified atom stereocenters. The van der Waals surface area contributed by atoms with E-state index in [0.29, 0.717) is 11.5 Å². The van der Waals surface area contributed by atoms with Crippen molar-refractivity contribution < 1.29 is 14.3 Å². The lowest BCUT2D eigenvalue weighted by molar-refractivity contribution is -0.129. The summed E-state index contributed by atoms with van der Waals surface area (Å²) in [5, 5.41) is 0.861. The zero-order valence-corrected chi connectivity index (χ0v) is 12.7. The van der Waals surface area contributed by atoms with E-state index in [1.165, 1.54) is 7.11 Å². The molecule has 0 fully saturated rings. The maximum absolute atomic E-state index is 11.4. The summed E-state index contributed by atoms with van der Waals surface area (Å²) in [6, 6.07) is 13.3. The summed E-state index contributed by atoms with van der Waals surface area (Å²) in [6.45, 7) is 3.40. The van der Waals surface area contributed by atoms with Crippen molar-refractivity contribution in [2.75, 3.05) is 7.11 Å². The molecule has 0 spiro atoms. The molecule has 0 N–H and O–H groups in total. The Morgan fingerprint density at radius 2 is 2.05 bits per heavy atom. The van der Waals surface area contributed by atoms with E-state index in [0.717, 1.165) is 26.9 Å². The topological polar surface area (TPSA) is 48.4 Å². The van der Waals surface area contributed by atoms with Crippen LogP contribution in [0.4, 0.5) is 0 Å². The van der Waals surface area contributed by atoms with Crippen molar-refractivity contribution in [3.63, 3.8) is 0 Å². The third-order valence-electron chi connectivity index (χ3n) is 3.08. The number of para-hydroxylation sites is 1. The predicted molar refractivity (Wildman–Crippen MR) is 87.4 cm³/mol. The van der Waals surface area contributed by atoms with Crippen molar-refractivity contribution in [1.29, 1.82) is 0 Å². The van der Waals surface area contributed by atoms with Gasteiger partial charge in [0.05, 0.1) is 17.3 Å². The highest BCUT2D eigenvalue weighted by molar-refractivity contribution is 7.21. The highest BCUT2D eigenvalue weighted by atomic mass is 32.1. The fraction of sp³-hybridized carbons (Fsp3) is 0.0588. The number of carbonyl (C=O) groups is 1. The van der Waals surface area contributed by atoms with E-state index >= 15 is 0 Å². The summed E-state index contributed by atoms with van der Waals surface area (Å²) in [7, 11) is 1.53. The van der Waals surface area contributed by atoms with Crippen LogP contribution in [0.2, 0.25) is 0 Å². The summed E-state index contributed by atoms with van der Waals surface area (Å²) in [5.41, 5.74) is 1.82. The first kappa shape index (κ1) is 14.3. The van der Waals surface area contributed by atoms with Gasteiger partial charge < -0.3 is 9.47 Å². The van der Waals surface area contributed by atoms with E-state index in [1.807, 2.05) is 30.3 Å². The Hall–Kier alpha value is -2.66. The third kappa shape index (κ3) is 2.71. The third-order valence-corrected chi connectivity index (χ3v) is 4.17. The molecule has 110 valence electrons. The van der Waals surface area contributed by atoms with Crippen LogP contribution in [-0.2, 0) is 4.79 Å². The van der Waals surface area contributed by atoms with Gasteiger partial charge in [0.25, 0.3) is 0 Å². The maximum atomic E-state index is 11.4. The quantitative estimate of drug-likeness (QED) is 0.414. The molecule has 2 aromatic carbocycles. The number of nitrogens with zero attached hydrogens (tertiary/aromatic N) is 1. The molecule has 0 amide bonds. The van der Waals surface area contributed by atoms with Crippen molar-refractivity contribution in [3.8, 4) is 22.1 Å². The molecule has 22 heavy (non-hydrogen) atoms. The number of esters is 1. The van der Waals surface area contributed by atoms with Crippen LogP contribution in [0.5, 0.6) is 11.5 Å². The molecule has 0 bridgehead atoms. The number of thiazole rings is 1. The SMILES string of the molecule is C=CC(=O)Oc1cc(-c2nc3ccccc3s2)ccc1OC. The summed E-state index contributed by atoms with van der Waals surface area (Å²) in [4.78, 5) is 16.0. The molecule has 5 heteroatoms. The number of fused-ring (bicyclic) bond motifs is 1. The van der Waals surface area contributed by atoms with E-state index in [-0.39, 0.29) is 0 Å². The maximum Gasteiger partial charge on any atom is 0.335 e. The molecule has 0 aliphatic rings. The van der Waals surface area contributed by atoms with Gasteiger partial charge in [-0.1, -0.05) is 18.7 Å². The minimum absolute atomic E-state index is 0.351. The lowest BCUT2D eigenvalue weighted by Crippen LogP contribution is -2.04. The average Bonchev–Trinajstić information content (AvgIpc) is 2.98. The molecule has 0 saturated heterocycles. The molecule has 0 aliphatic carbocycles. The molecule has 1 aromatic heterocycles. The number of rotatable bonds is 4. The Labute approximate surface area is 131 Å². The van der Waals surface area contributed by atoms with Crippen LogP contribution in [0.3, 0.4) is 0 Å². The minimum atomic E-state index is -0.528. The average molecular weight is 311 g/mol. The van der Waals surface area contributed by atoms with Gasteiger partial charge in [0.1, 0.15) is 5.01 Å². The normalized spacial score (nSPS) is 10.4.